The molecule has 5 rings (SSSR count). The highest BCUT2D eigenvalue weighted by molar-refractivity contribution is 5.93. The smallest absolute Gasteiger partial charge is 0.161 e. The molecule has 5 nitrogen and oxygen atoms in total. The normalized spacial score (nSPS) is 12.4. The number of H-pyrrole nitrogens is 1. The van der Waals surface area contributed by atoms with Crippen LogP contribution >= 0.6 is 12.4 Å². The third-order valence-electron chi connectivity index (χ3n) is 4.80. The van der Waals surface area contributed by atoms with Crippen molar-refractivity contribution in [1.82, 2.24) is 15.0 Å². The average molecular weight is 381 g/mol. The summed E-state index contributed by atoms with van der Waals surface area (Å²) in [5, 5.41) is 0. The van der Waals surface area contributed by atoms with E-state index < -0.39 is 0 Å². The lowest BCUT2D eigenvalue weighted by Gasteiger charge is -2.19. The van der Waals surface area contributed by atoms with Gasteiger partial charge in [-0.3, -0.25) is 0 Å². The molecule has 0 aliphatic carbocycles. The van der Waals surface area contributed by atoms with Crippen molar-refractivity contribution in [2.45, 2.75) is 13.3 Å². The Kier molecular flexibility index (Phi) is 5.17. The molecule has 0 saturated heterocycles. The van der Waals surface area contributed by atoms with Gasteiger partial charge >= 0.3 is 0 Å². The Morgan fingerprint density at radius 2 is 1.70 bits per heavy atom. The summed E-state index contributed by atoms with van der Waals surface area (Å²) < 4.78 is 0. The molecule has 6 heteroatoms. The summed E-state index contributed by atoms with van der Waals surface area (Å²) in [6.07, 6.45) is 1.05. The molecular formula is C21H21ClN4O. The maximum absolute atomic E-state index is 4.77. The third-order valence-corrected chi connectivity index (χ3v) is 4.80. The molecule has 4 aromatic rings. The molecule has 1 aliphatic rings. The number of hydrogen-bond donors (Lipinski definition) is 1. The highest BCUT2D eigenvalue weighted by Gasteiger charge is 2.24. The molecule has 3 N–H and O–H groups in total. The van der Waals surface area contributed by atoms with Crippen LogP contribution in [0.4, 0.5) is 11.5 Å². The molecule has 2 aromatic carbocycles. The fourth-order valence-corrected chi connectivity index (χ4v) is 3.64. The van der Waals surface area contributed by atoms with Gasteiger partial charge in [0.2, 0.25) is 0 Å². The Bertz CT molecular complexity index is 1080. The molecule has 27 heavy (non-hydrogen) atoms. The second-order valence-electron chi connectivity index (χ2n) is 6.43. The lowest BCUT2D eigenvalue weighted by Crippen LogP contribution is -2.16. The van der Waals surface area contributed by atoms with E-state index in [0.717, 1.165) is 46.9 Å². The number of anilines is 2. The molecule has 0 fully saturated rings. The van der Waals surface area contributed by atoms with E-state index in [0.29, 0.717) is 0 Å². The number of aryl methyl sites for hydroxylation is 1. The van der Waals surface area contributed by atoms with Crippen molar-refractivity contribution in [2.24, 2.45) is 0 Å². The maximum atomic E-state index is 4.77. The predicted octanol–water partition coefficient (Wildman–Crippen LogP) is 4.22. The highest BCUT2D eigenvalue weighted by Crippen LogP contribution is 2.37. The minimum Gasteiger partial charge on any atom is -0.412 e. The van der Waals surface area contributed by atoms with Crippen molar-refractivity contribution in [3.05, 3.63) is 72.1 Å². The zero-order valence-electron chi connectivity index (χ0n) is 14.9. The van der Waals surface area contributed by atoms with Crippen LogP contribution in [0.15, 0.2) is 60.7 Å². The molecule has 138 valence electrons. The Hall–Kier alpha value is -2.89. The lowest BCUT2D eigenvalue weighted by atomic mass is 10.2. The number of fused-ring (bicyclic) bond motifs is 2. The van der Waals surface area contributed by atoms with E-state index >= 15 is 0 Å². The van der Waals surface area contributed by atoms with Gasteiger partial charge in [0, 0.05) is 17.9 Å². The average Bonchev–Trinajstić information content (AvgIpc) is 3.26. The first-order chi connectivity index (χ1) is 12.3. The van der Waals surface area contributed by atoms with E-state index in [-0.39, 0.29) is 17.9 Å². The standard InChI is InChI=1S/C21H18N4.ClH.H2O/c1-14-22-18-13-17(15-7-3-2-4-8-15)24-20(18)21(23-14)25-12-11-16-9-5-6-10-19(16)25;;/h2-10,13,24H,11-12H2,1H3;1H;1H2. The number of aromatic nitrogens is 3. The van der Waals surface area contributed by atoms with Crippen molar-refractivity contribution in [3.8, 4) is 11.3 Å². The zero-order chi connectivity index (χ0) is 16.8. The van der Waals surface area contributed by atoms with E-state index in [1.54, 1.807) is 0 Å². The topological polar surface area (TPSA) is 76.3 Å². The number of halogens is 1. The van der Waals surface area contributed by atoms with Gasteiger partial charge in [-0.1, -0.05) is 48.5 Å². The molecule has 0 unspecified atom stereocenters. The minimum atomic E-state index is 0. The van der Waals surface area contributed by atoms with Crippen LogP contribution < -0.4 is 4.90 Å². The van der Waals surface area contributed by atoms with Gasteiger partial charge in [-0.25, -0.2) is 9.97 Å². The molecular weight excluding hydrogens is 360 g/mol. The van der Waals surface area contributed by atoms with Gasteiger partial charge < -0.3 is 15.4 Å². The molecule has 0 amide bonds. The maximum Gasteiger partial charge on any atom is 0.161 e. The van der Waals surface area contributed by atoms with E-state index in [4.69, 9.17) is 4.98 Å². The summed E-state index contributed by atoms with van der Waals surface area (Å²) in [4.78, 5) is 15.3. The zero-order valence-corrected chi connectivity index (χ0v) is 15.8. The van der Waals surface area contributed by atoms with Crippen molar-refractivity contribution in [3.63, 3.8) is 0 Å². The molecule has 0 saturated carbocycles. The summed E-state index contributed by atoms with van der Waals surface area (Å²) in [6, 6.07) is 21.0. The number of para-hydroxylation sites is 1. The van der Waals surface area contributed by atoms with Gasteiger partial charge in [0.05, 0.1) is 5.52 Å². The molecule has 0 atom stereocenters. The van der Waals surface area contributed by atoms with Crippen molar-refractivity contribution in [2.75, 3.05) is 11.4 Å². The highest BCUT2D eigenvalue weighted by atomic mass is 35.5. The number of nitrogens with one attached hydrogen (secondary N) is 1. The second kappa shape index (κ2) is 7.39. The monoisotopic (exact) mass is 380 g/mol. The molecule has 1 aliphatic heterocycles. The first-order valence-corrected chi connectivity index (χ1v) is 8.58. The van der Waals surface area contributed by atoms with Crippen LogP contribution in [0, 0.1) is 6.92 Å². The van der Waals surface area contributed by atoms with Crippen molar-refractivity contribution in [1.29, 1.82) is 0 Å². The Morgan fingerprint density at radius 3 is 2.52 bits per heavy atom. The number of benzene rings is 2. The second-order valence-corrected chi connectivity index (χ2v) is 6.43. The van der Waals surface area contributed by atoms with Crippen LogP contribution in [0.2, 0.25) is 0 Å². The molecule has 0 radical (unpaired) electrons. The quantitative estimate of drug-likeness (QED) is 0.565. The number of aromatic amines is 1. The van der Waals surface area contributed by atoms with Gasteiger partial charge in [0.1, 0.15) is 11.3 Å². The van der Waals surface area contributed by atoms with Gasteiger partial charge in [0.15, 0.2) is 5.82 Å². The summed E-state index contributed by atoms with van der Waals surface area (Å²) in [5.74, 6) is 1.76. The first kappa shape index (κ1) is 18.9. The number of nitrogens with zero attached hydrogens (tertiary/aromatic N) is 3. The largest absolute Gasteiger partial charge is 0.412 e. The van der Waals surface area contributed by atoms with Gasteiger partial charge in [-0.2, -0.15) is 0 Å². The van der Waals surface area contributed by atoms with Crippen LogP contribution in [0.5, 0.6) is 0 Å². The number of rotatable bonds is 2. The van der Waals surface area contributed by atoms with E-state index in [1.165, 1.54) is 11.3 Å². The fourth-order valence-electron chi connectivity index (χ4n) is 3.64. The SMILES string of the molecule is Cc1nc(N2CCc3ccccc32)c2[nH]c(-c3ccccc3)cc2n1.Cl.O. The summed E-state index contributed by atoms with van der Waals surface area (Å²) in [6.45, 7) is 2.91. The Morgan fingerprint density at radius 1 is 0.963 bits per heavy atom. The van der Waals surface area contributed by atoms with Gasteiger partial charge in [-0.05, 0) is 36.6 Å². The number of hydrogen-bond acceptors (Lipinski definition) is 3. The summed E-state index contributed by atoms with van der Waals surface area (Å²) >= 11 is 0. The van der Waals surface area contributed by atoms with Crippen molar-refractivity contribution < 1.29 is 5.48 Å². The summed E-state index contributed by atoms with van der Waals surface area (Å²) in [7, 11) is 0. The van der Waals surface area contributed by atoms with Crippen LogP contribution in [-0.2, 0) is 6.42 Å². The van der Waals surface area contributed by atoms with E-state index in [2.05, 4.69) is 69.5 Å². The molecule has 0 spiro atoms. The van der Waals surface area contributed by atoms with E-state index in [9.17, 15) is 0 Å². The first-order valence-electron chi connectivity index (χ1n) is 8.58. The fraction of sp³-hybridized carbons (Fsp3) is 0.143. The third kappa shape index (κ3) is 3.16. The van der Waals surface area contributed by atoms with Crippen LogP contribution in [0.3, 0.4) is 0 Å². The van der Waals surface area contributed by atoms with Crippen LogP contribution in [-0.4, -0.2) is 27.0 Å². The minimum absolute atomic E-state index is 0. The van der Waals surface area contributed by atoms with E-state index in [1.807, 2.05) is 13.0 Å². The molecule has 0 bridgehead atoms. The Labute approximate surface area is 163 Å². The summed E-state index contributed by atoms with van der Waals surface area (Å²) in [5.41, 5.74) is 6.82. The Balaban J connectivity index is 0.00000105. The van der Waals surface area contributed by atoms with Crippen LogP contribution in [0.1, 0.15) is 11.4 Å². The lowest BCUT2D eigenvalue weighted by molar-refractivity contribution is 0.824. The predicted molar refractivity (Wildman–Crippen MR) is 112 cm³/mol. The van der Waals surface area contributed by atoms with Gasteiger partial charge in [-0.15, -0.1) is 12.4 Å². The van der Waals surface area contributed by atoms with Crippen molar-refractivity contribution >= 4 is 34.9 Å². The molecule has 2 aromatic heterocycles. The van der Waals surface area contributed by atoms with Crippen LogP contribution in [0.25, 0.3) is 22.3 Å². The molecule has 3 heterocycles. The van der Waals surface area contributed by atoms with Gasteiger partial charge in [0.25, 0.3) is 0 Å².